The summed E-state index contributed by atoms with van der Waals surface area (Å²) in [6, 6.07) is 0. The maximum atomic E-state index is 11.2. The molecule has 0 amide bonds. The van der Waals surface area contributed by atoms with Gasteiger partial charge in [0, 0.05) is 12.3 Å². The lowest BCUT2D eigenvalue weighted by Crippen LogP contribution is -2.16. The van der Waals surface area contributed by atoms with Crippen LogP contribution in [0.25, 0.3) is 0 Å². The molecule has 2 heteroatoms. The SMILES string of the molecule is O=C1CC12COC1CCCC12. The molecule has 1 spiro atoms. The van der Waals surface area contributed by atoms with E-state index in [1.54, 1.807) is 0 Å². The molecule has 2 saturated carbocycles. The summed E-state index contributed by atoms with van der Waals surface area (Å²) in [6.07, 6.45) is 4.95. The van der Waals surface area contributed by atoms with Crippen LogP contribution in [0.3, 0.4) is 0 Å². The highest BCUT2D eigenvalue weighted by molar-refractivity contribution is 6.01. The van der Waals surface area contributed by atoms with Gasteiger partial charge in [0.15, 0.2) is 0 Å². The van der Waals surface area contributed by atoms with Gasteiger partial charge < -0.3 is 4.74 Å². The first kappa shape index (κ1) is 6.18. The van der Waals surface area contributed by atoms with Crippen LogP contribution >= 0.6 is 0 Å². The van der Waals surface area contributed by atoms with E-state index in [0.29, 0.717) is 17.8 Å². The molecule has 3 unspecified atom stereocenters. The lowest BCUT2D eigenvalue weighted by atomic mass is 9.89. The van der Waals surface area contributed by atoms with Gasteiger partial charge in [0.05, 0.1) is 18.1 Å². The van der Waals surface area contributed by atoms with Crippen molar-refractivity contribution in [3.8, 4) is 0 Å². The molecule has 2 aliphatic carbocycles. The third-order valence-electron chi connectivity index (χ3n) is 3.62. The second-order valence-electron chi connectivity index (χ2n) is 4.14. The Morgan fingerprint density at radius 3 is 3.00 bits per heavy atom. The highest BCUT2D eigenvalue weighted by Gasteiger charge is 2.65. The third-order valence-corrected chi connectivity index (χ3v) is 3.62. The summed E-state index contributed by atoms with van der Waals surface area (Å²) in [5.74, 6) is 1.07. The predicted octanol–water partition coefficient (Wildman–Crippen LogP) is 1.14. The second kappa shape index (κ2) is 1.69. The van der Waals surface area contributed by atoms with Crippen molar-refractivity contribution in [2.75, 3.05) is 6.61 Å². The van der Waals surface area contributed by atoms with Crippen LogP contribution in [0.15, 0.2) is 0 Å². The predicted molar refractivity (Wildman–Crippen MR) is 39.1 cm³/mol. The Balaban J connectivity index is 1.93. The molecule has 0 radical (unpaired) electrons. The molecular formula is C9H12O2. The highest BCUT2D eigenvalue weighted by atomic mass is 16.5. The van der Waals surface area contributed by atoms with E-state index in [1.807, 2.05) is 0 Å². The molecule has 1 heterocycles. The van der Waals surface area contributed by atoms with Gasteiger partial charge in [-0.15, -0.1) is 0 Å². The number of Topliss-reactive ketones (excluding diaryl/α,β-unsaturated/α-hetero) is 1. The standard InChI is InChI=1S/C9H12O2/c10-8-4-9(8)5-11-7-3-1-2-6(7)9/h6-7H,1-5H2. The maximum Gasteiger partial charge on any atom is 0.143 e. The van der Waals surface area contributed by atoms with Crippen molar-refractivity contribution in [1.29, 1.82) is 0 Å². The highest BCUT2D eigenvalue weighted by Crippen LogP contribution is 2.58. The van der Waals surface area contributed by atoms with Gasteiger partial charge in [-0.05, 0) is 12.8 Å². The average Bonchev–Trinajstić information content (AvgIpc) is 2.46. The van der Waals surface area contributed by atoms with E-state index in [-0.39, 0.29) is 5.41 Å². The van der Waals surface area contributed by atoms with Crippen molar-refractivity contribution in [3.05, 3.63) is 0 Å². The normalized spacial score (nSPS) is 53.6. The number of ether oxygens (including phenoxy) is 1. The fourth-order valence-corrected chi connectivity index (χ4v) is 2.83. The van der Waals surface area contributed by atoms with Crippen molar-refractivity contribution < 1.29 is 9.53 Å². The molecule has 0 aromatic heterocycles. The van der Waals surface area contributed by atoms with Crippen LogP contribution < -0.4 is 0 Å². The Morgan fingerprint density at radius 1 is 1.45 bits per heavy atom. The molecule has 3 aliphatic rings. The first-order chi connectivity index (χ1) is 5.33. The first-order valence-corrected chi connectivity index (χ1v) is 4.48. The van der Waals surface area contributed by atoms with Gasteiger partial charge in [-0.2, -0.15) is 0 Å². The topological polar surface area (TPSA) is 26.3 Å². The minimum absolute atomic E-state index is 0.0428. The number of ketones is 1. The third kappa shape index (κ3) is 0.598. The minimum atomic E-state index is 0.0428. The number of hydrogen-bond acceptors (Lipinski definition) is 2. The van der Waals surface area contributed by atoms with Crippen LogP contribution in [0.5, 0.6) is 0 Å². The first-order valence-electron chi connectivity index (χ1n) is 4.48. The molecular weight excluding hydrogens is 140 g/mol. The van der Waals surface area contributed by atoms with E-state index in [1.165, 1.54) is 19.3 Å². The molecule has 0 aromatic carbocycles. The molecule has 2 nitrogen and oxygen atoms in total. The molecule has 3 rings (SSSR count). The Kier molecular flexibility index (Phi) is 0.947. The summed E-state index contributed by atoms with van der Waals surface area (Å²) in [7, 11) is 0. The average molecular weight is 152 g/mol. The Bertz CT molecular complexity index is 224. The van der Waals surface area contributed by atoms with E-state index in [9.17, 15) is 4.79 Å². The van der Waals surface area contributed by atoms with Crippen LogP contribution in [0.4, 0.5) is 0 Å². The van der Waals surface area contributed by atoms with Gasteiger partial charge in [-0.25, -0.2) is 0 Å². The Morgan fingerprint density at radius 2 is 2.27 bits per heavy atom. The van der Waals surface area contributed by atoms with E-state index in [0.717, 1.165) is 13.0 Å². The molecule has 3 fully saturated rings. The zero-order valence-electron chi connectivity index (χ0n) is 6.51. The van der Waals surface area contributed by atoms with Crippen LogP contribution in [-0.4, -0.2) is 18.5 Å². The van der Waals surface area contributed by atoms with Crippen LogP contribution in [0.2, 0.25) is 0 Å². The fraction of sp³-hybridized carbons (Fsp3) is 0.889. The monoisotopic (exact) mass is 152 g/mol. The lowest BCUT2D eigenvalue weighted by molar-refractivity contribution is -0.113. The molecule has 0 N–H and O–H groups in total. The number of rotatable bonds is 0. The summed E-state index contributed by atoms with van der Waals surface area (Å²) in [5, 5.41) is 0. The Hall–Kier alpha value is -0.370. The lowest BCUT2D eigenvalue weighted by Gasteiger charge is -2.10. The van der Waals surface area contributed by atoms with Crippen LogP contribution in [-0.2, 0) is 9.53 Å². The quantitative estimate of drug-likeness (QED) is 0.520. The Labute approximate surface area is 65.9 Å². The van der Waals surface area contributed by atoms with Crippen molar-refractivity contribution >= 4 is 5.78 Å². The molecule has 0 aromatic rings. The molecule has 1 saturated heterocycles. The van der Waals surface area contributed by atoms with Gasteiger partial charge in [0.25, 0.3) is 0 Å². The fourth-order valence-electron chi connectivity index (χ4n) is 2.83. The summed E-state index contributed by atoms with van der Waals surface area (Å²) >= 11 is 0. The molecule has 60 valence electrons. The van der Waals surface area contributed by atoms with Gasteiger partial charge in [0.1, 0.15) is 5.78 Å². The number of hydrogen-bond donors (Lipinski definition) is 0. The van der Waals surface area contributed by atoms with Gasteiger partial charge in [0.2, 0.25) is 0 Å². The maximum absolute atomic E-state index is 11.2. The summed E-state index contributed by atoms with van der Waals surface area (Å²) in [5.41, 5.74) is 0.0428. The smallest absolute Gasteiger partial charge is 0.143 e. The van der Waals surface area contributed by atoms with E-state index in [4.69, 9.17) is 4.74 Å². The minimum Gasteiger partial charge on any atom is -0.377 e. The van der Waals surface area contributed by atoms with Crippen molar-refractivity contribution in [3.63, 3.8) is 0 Å². The second-order valence-corrected chi connectivity index (χ2v) is 4.14. The van der Waals surface area contributed by atoms with Gasteiger partial charge in [-0.1, -0.05) is 6.42 Å². The number of fused-ring (bicyclic) bond motifs is 2. The van der Waals surface area contributed by atoms with Crippen molar-refractivity contribution in [2.24, 2.45) is 11.3 Å². The van der Waals surface area contributed by atoms with Crippen LogP contribution in [0.1, 0.15) is 25.7 Å². The zero-order chi connectivity index (χ0) is 7.47. The van der Waals surface area contributed by atoms with E-state index in [2.05, 4.69) is 0 Å². The summed E-state index contributed by atoms with van der Waals surface area (Å²) < 4.78 is 5.60. The van der Waals surface area contributed by atoms with Gasteiger partial charge >= 0.3 is 0 Å². The largest absolute Gasteiger partial charge is 0.377 e. The molecule has 11 heavy (non-hydrogen) atoms. The van der Waals surface area contributed by atoms with E-state index < -0.39 is 0 Å². The summed E-state index contributed by atoms with van der Waals surface area (Å²) in [4.78, 5) is 11.2. The number of carbonyl (C=O) groups excluding carboxylic acids is 1. The number of carbonyl (C=O) groups is 1. The summed E-state index contributed by atoms with van der Waals surface area (Å²) in [6.45, 7) is 0.737. The molecule has 3 atom stereocenters. The van der Waals surface area contributed by atoms with Crippen molar-refractivity contribution in [2.45, 2.75) is 31.8 Å². The van der Waals surface area contributed by atoms with Crippen molar-refractivity contribution in [1.82, 2.24) is 0 Å². The zero-order valence-corrected chi connectivity index (χ0v) is 6.51. The van der Waals surface area contributed by atoms with Gasteiger partial charge in [-0.3, -0.25) is 4.79 Å². The van der Waals surface area contributed by atoms with E-state index >= 15 is 0 Å². The molecule has 0 bridgehead atoms. The van der Waals surface area contributed by atoms with Crippen LogP contribution in [0, 0.1) is 11.3 Å². The molecule has 1 aliphatic heterocycles.